The molecule has 0 spiro atoms. The molecule has 1 aliphatic heterocycles. The van der Waals surface area contributed by atoms with Gasteiger partial charge in [-0.2, -0.15) is 0 Å². The van der Waals surface area contributed by atoms with E-state index in [4.69, 9.17) is 17.0 Å². The second kappa shape index (κ2) is 6.54. The molecule has 104 valence electrons. The summed E-state index contributed by atoms with van der Waals surface area (Å²) in [6.45, 7) is 2.45. The molecule has 0 atom stereocenters. The topological polar surface area (TPSA) is 15.7 Å². The van der Waals surface area contributed by atoms with Crippen LogP contribution in [0.2, 0.25) is 0 Å². The minimum Gasteiger partial charge on any atom is -0.494 e. The van der Waals surface area contributed by atoms with E-state index in [-0.39, 0.29) is 11.6 Å². The number of halogens is 1. The fourth-order valence-electron chi connectivity index (χ4n) is 2.02. The van der Waals surface area contributed by atoms with Crippen LogP contribution in [0.25, 0.3) is 0 Å². The molecular weight excluding hydrogens is 283 g/mol. The van der Waals surface area contributed by atoms with Crippen LogP contribution < -0.4 is 4.74 Å². The molecule has 1 fully saturated rings. The molecule has 0 amide bonds. The van der Waals surface area contributed by atoms with Gasteiger partial charge in [0.25, 0.3) is 0 Å². The summed E-state index contributed by atoms with van der Waals surface area (Å²) < 4.78 is 19.5. The fraction of sp³-hybridized carbons (Fsp3) is 0.462. The predicted molar refractivity (Wildman–Crippen MR) is 81.0 cm³/mol. The standard InChI is InChI=1S/C13H17FN2OS2/c1-15(9-16-5-6-19-13(16)18)8-10-3-4-12(17-2)11(14)7-10/h3-4,7H,5-6,8-9H2,1-2H3. The molecule has 1 saturated heterocycles. The van der Waals surface area contributed by atoms with Crippen LogP contribution in [-0.4, -0.2) is 47.2 Å². The number of thiocarbonyl (C=S) groups is 1. The van der Waals surface area contributed by atoms with Crippen molar-refractivity contribution >= 4 is 28.3 Å². The van der Waals surface area contributed by atoms with E-state index < -0.39 is 0 Å². The van der Waals surface area contributed by atoms with Crippen LogP contribution in [0, 0.1) is 5.82 Å². The smallest absolute Gasteiger partial charge is 0.165 e. The Balaban J connectivity index is 1.93. The van der Waals surface area contributed by atoms with Crippen LogP contribution in [0.3, 0.4) is 0 Å². The molecule has 0 bridgehead atoms. The number of hydrogen-bond donors (Lipinski definition) is 0. The van der Waals surface area contributed by atoms with E-state index in [0.717, 1.165) is 28.9 Å². The monoisotopic (exact) mass is 300 g/mol. The zero-order chi connectivity index (χ0) is 13.8. The van der Waals surface area contributed by atoms with Gasteiger partial charge in [0.05, 0.1) is 13.8 Å². The van der Waals surface area contributed by atoms with Gasteiger partial charge >= 0.3 is 0 Å². The molecule has 0 radical (unpaired) electrons. The molecule has 0 aromatic heterocycles. The van der Waals surface area contributed by atoms with Crippen molar-refractivity contribution in [2.45, 2.75) is 6.54 Å². The third kappa shape index (κ3) is 3.81. The van der Waals surface area contributed by atoms with Gasteiger partial charge in [-0.1, -0.05) is 30.0 Å². The SMILES string of the molecule is COc1ccc(CN(C)CN2CCSC2=S)cc1F. The molecule has 1 aliphatic rings. The maximum Gasteiger partial charge on any atom is 0.165 e. The summed E-state index contributed by atoms with van der Waals surface area (Å²) in [5.41, 5.74) is 0.929. The lowest BCUT2D eigenvalue weighted by atomic mass is 10.2. The molecule has 0 unspecified atom stereocenters. The maximum absolute atomic E-state index is 13.6. The van der Waals surface area contributed by atoms with E-state index in [1.165, 1.54) is 13.2 Å². The molecule has 3 nitrogen and oxygen atoms in total. The first-order valence-electron chi connectivity index (χ1n) is 6.03. The molecule has 6 heteroatoms. The third-order valence-electron chi connectivity index (χ3n) is 2.93. The highest BCUT2D eigenvalue weighted by Gasteiger charge is 2.18. The number of thioether (sulfide) groups is 1. The quantitative estimate of drug-likeness (QED) is 0.774. The summed E-state index contributed by atoms with van der Waals surface area (Å²) in [7, 11) is 3.48. The lowest BCUT2D eigenvalue weighted by molar-refractivity contribution is 0.229. The fourth-order valence-corrected chi connectivity index (χ4v) is 3.23. The minimum absolute atomic E-state index is 0.281. The first-order chi connectivity index (χ1) is 9.10. The molecule has 1 aromatic rings. The summed E-state index contributed by atoms with van der Waals surface area (Å²) in [4.78, 5) is 4.29. The maximum atomic E-state index is 13.6. The first-order valence-corrected chi connectivity index (χ1v) is 7.42. The van der Waals surface area contributed by atoms with Crippen molar-refractivity contribution in [2.75, 3.05) is 33.1 Å². The molecule has 1 heterocycles. The second-order valence-corrected chi connectivity index (χ2v) is 6.23. The number of rotatable bonds is 5. The zero-order valence-corrected chi connectivity index (χ0v) is 12.7. The Morgan fingerprint density at radius 1 is 1.53 bits per heavy atom. The molecule has 1 aromatic carbocycles. The van der Waals surface area contributed by atoms with E-state index in [0.29, 0.717) is 6.54 Å². The average Bonchev–Trinajstić information content (AvgIpc) is 2.75. The largest absolute Gasteiger partial charge is 0.494 e. The minimum atomic E-state index is -0.319. The van der Waals surface area contributed by atoms with Crippen LogP contribution in [0.5, 0.6) is 5.75 Å². The van der Waals surface area contributed by atoms with E-state index in [2.05, 4.69) is 9.80 Å². The summed E-state index contributed by atoms with van der Waals surface area (Å²) >= 11 is 6.98. The Morgan fingerprint density at radius 3 is 2.89 bits per heavy atom. The van der Waals surface area contributed by atoms with Gasteiger partial charge in [0.2, 0.25) is 0 Å². The van der Waals surface area contributed by atoms with Crippen LogP contribution in [0.4, 0.5) is 4.39 Å². The molecule has 2 rings (SSSR count). The van der Waals surface area contributed by atoms with Crippen molar-refractivity contribution in [3.05, 3.63) is 29.6 Å². The lowest BCUT2D eigenvalue weighted by Crippen LogP contribution is -2.35. The van der Waals surface area contributed by atoms with Crippen LogP contribution in [-0.2, 0) is 6.54 Å². The van der Waals surface area contributed by atoms with E-state index >= 15 is 0 Å². The molecule has 0 saturated carbocycles. The molecule has 0 N–H and O–H groups in total. The second-order valence-electron chi connectivity index (χ2n) is 4.50. The Bertz CT molecular complexity index is 470. The first kappa shape index (κ1) is 14.6. The van der Waals surface area contributed by atoms with Gasteiger partial charge in [0, 0.05) is 18.8 Å². The number of nitrogens with zero attached hydrogens (tertiary/aromatic N) is 2. The van der Waals surface area contributed by atoms with Crippen molar-refractivity contribution in [3.63, 3.8) is 0 Å². The Morgan fingerprint density at radius 2 is 2.32 bits per heavy atom. The Kier molecular flexibility index (Phi) is 5.01. The van der Waals surface area contributed by atoms with Crippen molar-refractivity contribution in [2.24, 2.45) is 0 Å². The zero-order valence-electron chi connectivity index (χ0n) is 11.1. The van der Waals surface area contributed by atoms with Crippen LogP contribution in [0.1, 0.15) is 5.56 Å². The third-order valence-corrected chi connectivity index (χ3v) is 4.43. The van der Waals surface area contributed by atoms with Gasteiger partial charge in [-0.05, 0) is 24.7 Å². The van der Waals surface area contributed by atoms with Crippen molar-refractivity contribution < 1.29 is 9.13 Å². The summed E-state index contributed by atoms with van der Waals surface area (Å²) in [5.74, 6) is 1.02. The van der Waals surface area contributed by atoms with E-state index in [1.807, 2.05) is 13.1 Å². The summed E-state index contributed by atoms with van der Waals surface area (Å²) in [6.07, 6.45) is 0. The van der Waals surface area contributed by atoms with Gasteiger partial charge in [-0.3, -0.25) is 4.90 Å². The predicted octanol–water partition coefficient (Wildman–Crippen LogP) is 2.56. The number of ether oxygens (including phenoxy) is 1. The van der Waals surface area contributed by atoms with Crippen molar-refractivity contribution in [1.29, 1.82) is 0 Å². The normalized spacial score (nSPS) is 15.4. The molecular formula is C13H17FN2OS2. The summed E-state index contributed by atoms with van der Waals surface area (Å²) in [6, 6.07) is 5.07. The van der Waals surface area contributed by atoms with Gasteiger partial charge in [-0.15, -0.1) is 0 Å². The van der Waals surface area contributed by atoms with E-state index in [1.54, 1.807) is 17.8 Å². The van der Waals surface area contributed by atoms with E-state index in [9.17, 15) is 4.39 Å². The number of methoxy groups -OCH3 is 1. The molecule has 19 heavy (non-hydrogen) atoms. The van der Waals surface area contributed by atoms with Gasteiger partial charge in [0.1, 0.15) is 4.32 Å². The average molecular weight is 300 g/mol. The van der Waals surface area contributed by atoms with Gasteiger partial charge in [0.15, 0.2) is 11.6 Å². The van der Waals surface area contributed by atoms with Gasteiger partial charge < -0.3 is 9.64 Å². The summed E-state index contributed by atoms with van der Waals surface area (Å²) in [5, 5.41) is 0. The Hall–Kier alpha value is -0.850. The highest BCUT2D eigenvalue weighted by molar-refractivity contribution is 8.23. The van der Waals surface area contributed by atoms with Crippen LogP contribution >= 0.6 is 24.0 Å². The Labute approximate surface area is 122 Å². The highest BCUT2D eigenvalue weighted by Crippen LogP contribution is 2.20. The molecule has 0 aliphatic carbocycles. The number of hydrogen-bond acceptors (Lipinski definition) is 4. The lowest BCUT2D eigenvalue weighted by Gasteiger charge is -2.25. The van der Waals surface area contributed by atoms with Crippen molar-refractivity contribution in [3.8, 4) is 5.75 Å². The van der Waals surface area contributed by atoms with Gasteiger partial charge in [-0.25, -0.2) is 4.39 Å². The highest BCUT2D eigenvalue weighted by atomic mass is 32.2. The number of benzene rings is 1. The van der Waals surface area contributed by atoms with Crippen LogP contribution in [0.15, 0.2) is 18.2 Å². The van der Waals surface area contributed by atoms with Crippen molar-refractivity contribution in [1.82, 2.24) is 9.80 Å².